The van der Waals surface area contributed by atoms with Crippen LogP contribution in [0, 0.1) is 5.82 Å². The van der Waals surface area contributed by atoms with E-state index >= 15 is 0 Å². The van der Waals surface area contributed by atoms with Crippen LogP contribution < -0.4 is 4.59 Å². The molecular formula is C18H11Cl2F4N2O3+. The molecule has 5 nitrogen and oxygen atoms in total. The number of carbonyl (C=O) groups is 1. The first kappa shape index (κ1) is 21.1. The van der Waals surface area contributed by atoms with Crippen LogP contribution in [0.3, 0.4) is 0 Å². The average Bonchev–Trinajstić information content (AvgIpc) is 2.94. The van der Waals surface area contributed by atoms with Gasteiger partial charge in [0.1, 0.15) is 12.9 Å². The number of rotatable bonds is 3. The van der Waals surface area contributed by atoms with Gasteiger partial charge in [-0.05, 0) is 29.8 Å². The highest BCUT2D eigenvalue weighted by Gasteiger charge is 2.50. The monoisotopic (exact) mass is 449 g/mol. The van der Waals surface area contributed by atoms with E-state index in [1.807, 2.05) is 0 Å². The number of halogens is 6. The molecule has 2 aromatic carbocycles. The molecule has 2 aromatic rings. The number of nitrogens with zero attached hydrogens (tertiary/aromatic N) is 2. The Morgan fingerprint density at radius 2 is 1.83 bits per heavy atom. The second kappa shape index (κ2) is 7.33. The lowest BCUT2D eigenvalue weighted by Crippen LogP contribution is -2.32. The fourth-order valence-electron chi connectivity index (χ4n) is 2.86. The first-order valence-electron chi connectivity index (χ1n) is 7.84. The van der Waals surface area contributed by atoms with Crippen molar-refractivity contribution >= 4 is 40.8 Å². The summed E-state index contributed by atoms with van der Waals surface area (Å²) in [7, 11) is 1.26. The van der Waals surface area contributed by atoms with Crippen molar-refractivity contribution in [2.75, 3.05) is 7.05 Å². The number of hydrogen-bond acceptors (Lipinski definition) is 3. The Bertz CT molecular complexity index is 1070. The second-order valence-corrected chi connectivity index (χ2v) is 6.94. The maximum absolute atomic E-state index is 13.9. The van der Waals surface area contributed by atoms with E-state index in [0.29, 0.717) is 5.56 Å². The average molecular weight is 450 g/mol. The van der Waals surface area contributed by atoms with E-state index in [4.69, 9.17) is 28.3 Å². The summed E-state index contributed by atoms with van der Waals surface area (Å²) in [6.07, 6.45) is -6.03. The van der Waals surface area contributed by atoms with Crippen LogP contribution in [0.2, 0.25) is 10.0 Å². The standard InChI is InChI=1S/C18H10Cl2F4N2O3/c1-26(8-15(29-17(27)28)16(25-26)18(22,23)24)14-5-3-10(21)7-11(14)9-2-4-12(19)13(20)6-9/h2-8H,1H3/p+1. The zero-order valence-corrected chi connectivity index (χ0v) is 16.0. The summed E-state index contributed by atoms with van der Waals surface area (Å²) in [6, 6.07) is 7.79. The minimum atomic E-state index is -4.97. The van der Waals surface area contributed by atoms with Crippen LogP contribution in [0.5, 0.6) is 0 Å². The highest BCUT2D eigenvalue weighted by Crippen LogP contribution is 2.41. The number of carboxylic acid groups (broad SMARTS) is 1. The molecule has 29 heavy (non-hydrogen) atoms. The predicted octanol–water partition coefficient (Wildman–Crippen LogP) is 6.20. The van der Waals surface area contributed by atoms with Crippen molar-refractivity contribution in [1.82, 2.24) is 4.59 Å². The first-order chi connectivity index (χ1) is 13.4. The van der Waals surface area contributed by atoms with Crippen molar-refractivity contribution in [2.24, 2.45) is 5.10 Å². The van der Waals surface area contributed by atoms with Crippen molar-refractivity contribution in [2.45, 2.75) is 6.18 Å². The Morgan fingerprint density at radius 1 is 1.14 bits per heavy atom. The number of allylic oxidation sites excluding steroid dienone is 1. The largest absolute Gasteiger partial charge is 0.511 e. The van der Waals surface area contributed by atoms with Gasteiger partial charge in [0.2, 0.25) is 11.5 Å². The Morgan fingerprint density at radius 3 is 2.41 bits per heavy atom. The minimum absolute atomic E-state index is 0.121. The quantitative estimate of drug-likeness (QED) is 0.344. The molecule has 11 heteroatoms. The van der Waals surface area contributed by atoms with Crippen LogP contribution in [0.25, 0.3) is 11.1 Å². The van der Waals surface area contributed by atoms with Gasteiger partial charge < -0.3 is 9.84 Å². The normalized spacial score (nSPS) is 19.0. The molecule has 0 radical (unpaired) electrons. The second-order valence-electron chi connectivity index (χ2n) is 6.12. The molecule has 3 rings (SSSR count). The van der Waals surface area contributed by atoms with Gasteiger partial charge in [-0.1, -0.05) is 34.4 Å². The van der Waals surface area contributed by atoms with Gasteiger partial charge in [0.05, 0.1) is 10.0 Å². The van der Waals surface area contributed by atoms with Gasteiger partial charge in [0.25, 0.3) is 0 Å². The molecule has 1 aliphatic heterocycles. The zero-order chi connectivity index (χ0) is 21.6. The van der Waals surface area contributed by atoms with Crippen LogP contribution in [-0.4, -0.2) is 30.2 Å². The zero-order valence-electron chi connectivity index (χ0n) is 14.5. The van der Waals surface area contributed by atoms with Gasteiger partial charge in [-0.3, -0.25) is 0 Å². The van der Waals surface area contributed by atoms with E-state index in [9.17, 15) is 22.4 Å². The summed E-state index contributed by atoms with van der Waals surface area (Å²) in [5, 5.41) is 12.8. The van der Waals surface area contributed by atoms with Crippen LogP contribution in [0.1, 0.15) is 0 Å². The van der Waals surface area contributed by atoms with Crippen molar-refractivity contribution in [1.29, 1.82) is 0 Å². The molecule has 0 spiro atoms. The van der Waals surface area contributed by atoms with Crippen molar-refractivity contribution in [3.8, 4) is 11.1 Å². The molecular weight excluding hydrogens is 439 g/mol. The molecule has 1 unspecified atom stereocenters. The SMILES string of the molecule is C[N+]1(c2ccc(F)cc2-c2ccc(Cl)c(Cl)c2)C=C(OC(=O)O)C(C(F)(F)F)=N1. The summed E-state index contributed by atoms with van der Waals surface area (Å²) in [5.41, 5.74) is -0.829. The fraction of sp³-hybridized carbons (Fsp3) is 0.111. The highest BCUT2D eigenvalue weighted by atomic mass is 35.5. The topological polar surface area (TPSA) is 58.9 Å². The molecule has 152 valence electrons. The third kappa shape index (κ3) is 4.21. The van der Waals surface area contributed by atoms with E-state index < -0.39 is 34.2 Å². The maximum atomic E-state index is 13.9. The van der Waals surface area contributed by atoms with Gasteiger partial charge in [0, 0.05) is 11.6 Å². The molecule has 0 amide bonds. The molecule has 0 fully saturated rings. The first-order valence-corrected chi connectivity index (χ1v) is 8.59. The third-order valence-electron chi connectivity index (χ3n) is 4.05. The lowest BCUT2D eigenvalue weighted by molar-refractivity contribution is -0.0603. The Hall–Kier alpha value is -2.62. The molecule has 0 saturated heterocycles. The molecule has 1 atom stereocenters. The van der Waals surface area contributed by atoms with E-state index in [1.165, 1.54) is 31.3 Å². The van der Waals surface area contributed by atoms with Crippen molar-refractivity contribution in [3.05, 3.63) is 64.2 Å². The third-order valence-corrected chi connectivity index (χ3v) is 4.79. The van der Waals surface area contributed by atoms with E-state index in [1.54, 1.807) is 0 Å². The van der Waals surface area contributed by atoms with Crippen LogP contribution in [-0.2, 0) is 4.74 Å². The van der Waals surface area contributed by atoms with Gasteiger partial charge >= 0.3 is 12.3 Å². The summed E-state index contributed by atoms with van der Waals surface area (Å²) in [5.74, 6) is -1.62. The maximum Gasteiger partial charge on any atom is 0.511 e. The van der Waals surface area contributed by atoms with Crippen LogP contribution in [0.4, 0.5) is 28.0 Å². The summed E-state index contributed by atoms with van der Waals surface area (Å²) in [4.78, 5) is 10.8. The Labute approximate surface area is 171 Å². The lowest BCUT2D eigenvalue weighted by Gasteiger charge is -2.22. The molecule has 0 aromatic heterocycles. The highest BCUT2D eigenvalue weighted by molar-refractivity contribution is 6.42. The fourth-order valence-corrected chi connectivity index (χ4v) is 3.16. The summed E-state index contributed by atoms with van der Waals surface area (Å²) < 4.78 is 57.4. The van der Waals surface area contributed by atoms with E-state index in [-0.39, 0.29) is 21.3 Å². The van der Waals surface area contributed by atoms with Crippen molar-refractivity contribution < 1.29 is 32.2 Å². The summed E-state index contributed by atoms with van der Waals surface area (Å²) >= 11 is 11.9. The van der Waals surface area contributed by atoms with Crippen LogP contribution >= 0.6 is 23.2 Å². The van der Waals surface area contributed by atoms with Gasteiger partial charge in [-0.25, -0.2) is 9.18 Å². The molecule has 1 N–H and O–H groups in total. The smallest absolute Gasteiger partial charge is 0.449 e. The number of benzene rings is 2. The number of alkyl halides is 3. The van der Waals surface area contributed by atoms with E-state index in [2.05, 4.69) is 9.84 Å². The van der Waals surface area contributed by atoms with Gasteiger partial charge in [-0.2, -0.15) is 13.2 Å². The van der Waals surface area contributed by atoms with Crippen molar-refractivity contribution in [3.63, 3.8) is 0 Å². The van der Waals surface area contributed by atoms with Gasteiger partial charge in [-0.15, -0.1) is 4.59 Å². The Balaban J connectivity index is 2.22. The molecule has 0 saturated carbocycles. The summed E-state index contributed by atoms with van der Waals surface area (Å²) in [6.45, 7) is 0. The minimum Gasteiger partial charge on any atom is -0.449 e. The molecule has 1 aliphatic rings. The van der Waals surface area contributed by atoms with Crippen LogP contribution in [0.15, 0.2) is 53.5 Å². The Kier molecular flexibility index (Phi) is 5.33. The number of quaternary nitrogens is 1. The van der Waals surface area contributed by atoms with E-state index in [0.717, 1.165) is 18.3 Å². The lowest BCUT2D eigenvalue weighted by atomic mass is 10.0. The number of hydrogen-bond donors (Lipinski definition) is 1. The van der Waals surface area contributed by atoms with Gasteiger partial charge in [0.15, 0.2) is 11.9 Å². The number of ether oxygens (including phenoxy) is 1. The molecule has 0 aliphatic carbocycles. The predicted molar refractivity (Wildman–Crippen MR) is 100 cm³/mol. The molecule has 1 heterocycles. The molecule has 0 bridgehead atoms.